The summed E-state index contributed by atoms with van der Waals surface area (Å²) < 4.78 is 6.28. The standard InChI is InChI=1S/C10H14BrN3O/c1-6-8(11)10(12-2)14-9(13-6)7-3-4-15-5-7/h7H,3-5H2,1-2H3,(H,12,13,14). The fraction of sp³-hybridized carbons (Fsp3) is 0.600. The summed E-state index contributed by atoms with van der Waals surface area (Å²) in [5, 5.41) is 3.06. The summed E-state index contributed by atoms with van der Waals surface area (Å²) >= 11 is 3.46. The highest BCUT2D eigenvalue weighted by atomic mass is 79.9. The van der Waals surface area contributed by atoms with Crippen LogP contribution < -0.4 is 5.32 Å². The molecule has 1 atom stereocenters. The highest BCUT2D eigenvalue weighted by Gasteiger charge is 2.22. The molecule has 1 aliphatic heterocycles. The molecule has 5 heteroatoms. The Morgan fingerprint density at radius 2 is 2.27 bits per heavy atom. The molecule has 0 saturated carbocycles. The van der Waals surface area contributed by atoms with Crippen LogP contribution in [0.2, 0.25) is 0 Å². The summed E-state index contributed by atoms with van der Waals surface area (Å²) in [6, 6.07) is 0. The van der Waals surface area contributed by atoms with Crippen molar-refractivity contribution in [1.29, 1.82) is 0 Å². The van der Waals surface area contributed by atoms with Gasteiger partial charge in [0.25, 0.3) is 0 Å². The average Bonchev–Trinajstić information content (AvgIpc) is 2.75. The number of nitrogens with zero attached hydrogens (tertiary/aromatic N) is 2. The number of nitrogens with one attached hydrogen (secondary N) is 1. The maximum atomic E-state index is 5.34. The van der Waals surface area contributed by atoms with Crippen LogP contribution in [0.15, 0.2) is 4.47 Å². The zero-order chi connectivity index (χ0) is 10.8. The van der Waals surface area contributed by atoms with E-state index in [2.05, 4.69) is 31.2 Å². The highest BCUT2D eigenvalue weighted by Crippen LogP contribution is 2.28. The lowest BCUT2D eigenvalue weighted by molar-refractivity contribution is 0.193. The van der Waals surface area contributed by atoms with Crippen LogP contribution in [-0.4, -0.2) is 30.2 Å². The predicted octanol–water partition coefficient (Wildman–Crippen LogP) is 2.09. The second kappa shape index (κ2) is 4.45. The number of hydrogen-bond donors (Lipinski definition) is 1. The summed E-state index contributed by atoms with van der Waals surface area (Å²) in [6.45, 7) is 3.54. The third kappa shape index (κ3) is 2.13. The minimum Gasteiger partial charge on any atom is -0.381 e. The van der Waals surface area contributed by atoms with Crippen molar-refractivity contribution >= 4 is 21.7 Å². The maximum Gasteiger partial charge on any atom is 0.144 e. The number of ether oxygens (including phenoxy) is 1. The Bertz CT molecular complexity index is 364. The summed E-state index contributed by atoms with van der Waals surface area (Å²) in [7, 11) is 1.86. The Hall–Kier alpha value is -0.680. The molecule has 1 aromatic rings. The third-order valence-electron chi connectivity index (χ3n) is 2.57. The van der Waals surface area contributed by atoms with Gasteiger partial charge in [0.2, 0.25) is 0 Å². The Kier molecular flexibility index (Phi) is 3.21. The molecule has 1 aromatic heterocycles. The Labute approximate surface area is 97.6 Å². The average molecular weight is 272 g/mol. The Balaban J connectivity index is 2.35. The van der Waals surface area contributed by atoms with Crippen LogP contribution in [0, 0.1) is 6.92 Å². The van der Waals surface area contributed by atoms with Crippen LogP contribution in [0.3, 0.4) is 0 Å². The number of aromatic nitrogens is 2. The molecule has 15 heavy (non-hydrogen) atoms. The SMILES string of the molecule is CNc1nc(C2CCOC2)nc(C)c1Br. The van der Waals surface area contributed by atoms with E-state index in [0.717, 1.165) is 41.4 Å². The van der Waals surface area contributed by atoms with Gasteiger partial charge in [-0.2, -0.15) is 0 Å². The second-order valence-electron chi connectivity index (χ2n) is 3.64. The van der Waals surface area contributed by atoms with Gasteiger partial charge >= 0.3 is 0 Å². The normalized spacial score (nSPS) is 20.6. The van der Waals surface area contributed by atoms with Gasteiger partial charge in [0.05, 0.1) is 16.8 Å². The number of aryl methyl sites for hydroxylation is 1. The molecule has 2 rings (SSSR count). The molecule has 1 saturated heterocycles. The topological polar surface area (TPSA) is 47.0 Å². The number of halogens is 1. The van der Waals surface area contributed by atoms with Crippen LogP contribution >= 0.6 is 15.9 Å². The zero-order valence-electron chi connectivity index (χ0n) is 8.88. The van der Waals surface area contributed by atoms with Crippen LogP contribution in [0.4, 0.5) is 5.82 Å². The molecule has 1 aliphatic rings. The third-order valence-corrected chi connectivity index (χ3v) is 3.52. The number of rotatable bonds is 2. The first kappa shape index (κ1) is 10.8. The van der Waals surface area contributed by atoms with E-state index >= 15 is 0 Å². The lowest BCUT2D eigenvalue weighted by atomic mass is 10.1. The smallest absolute Gasteiger partial charge is 0.144 e. The van der Waals surface area contributed by atoms with Crippen LogP contribution in [0.1, 0.15) is 23.9 Å². The number of hydrogen-bond acceptors (Lipinski definition) is 4. The fourth-order valence-electron chi connectivity index (χ4n) is 1.67. The molecule has 1 fully saturated rings. The molecule has 0 bridgehead atoms. The predicted molar refractivity (Wildman–Crippen MR) is 62.2 cm³/mol. The molecule has 4 nitrogen and oxygen atoms in total. The molecular formula is C10H14BrN3O. The first-order chi connectivity index (χ1) is 7.22. The van der Waals surface area contributed by atoms with Crippen LogP contribution in [0.5, 0.6) is 0 Å². The van der Waals surface area contributed by atoms with Crippen molar-refractivity contribution in [3.63, 3.8) is 0 Å². The van der Waals surface area contributed by atoms with Gasteiger partial charge in [-0.05, 0) is 29.3 Å². The van der Waals surface area contributed by atoms with E-state index in [-0.39, 0.29) is 0 Å². The molecule has 0 amide bonds. The Morgan fingerprint density at radius 1 is 1.47 bits per heavy atom. The van der Waals surface area contributed by atoms with E-state index in [4.69, 9.17) is 4.74 Å². The van der Waals surface area contributed by atoms with Crippen molar-refractivity contribution in [2.45, 2.75) is 19.3 Å². The van der Waals surface area contributed by atoms with Gasteiger partial charge in [-0.25, -0.2) is 9.97 Å². The molecule has 82 valence electrons. The summed E-state index contributed by atoms with van der Waals surface area (Å²) in [5.74, 6) is 2.09. The van der Waals surface area contributed by atoms with Gasteiger partial charge in [-0.1, -0.05) is 0 Å². The molecule has 0 aliphatic carbocycles. The van der Waals surface area contributed by atoms with Gasteiger partial charge in [0.15, 0.2) is 0 Å². The first-order valence-corrected chi connectivity index (χ1v) is 5.81. The van der Waals surface area contributed by atoms with Crippen molar-refractivity contribution in [1.82, 2.24) is 9.97 Å². The van der Waals surface area contributed by atoms with Gasteiger partial charge in [-0.3, -0.25) is 0 Å². The summed E-state index contributed by atoms with van der Waals surface area (Å²) in [5.41, 5.74) is 0.969. The molecule has 1 unspecified atom stereocenters. The van der Waals surface area contributed by atoms with E-state index in [1.807, 2.05) is 14.0 Å². The summed E-state index contributed by atoms with van der Waals surface area (Å²) in [6.07, 6.45) is 1.02. The van der Waals surface area contributed by atoms with E-state index in [1.165, 1.54) is 0 Å². The van der Waals surface area contributed by atoms with Crippen LogP contribution in [0.25, 0.3) is 0 Å². The minimum absolute atomic E-state index is 0.351. The fourth-order valence-corrected chi connectivity index (χ4v) is 2.04. The first-order valence-electron chi connectivity index (χ1n) is 5.02. The van der Waals surface area contributed by atoms with Crippen molar-refractivity contribution in [3.8, 4) is 0 Å². The Morgan fingerprint density at radius 3 is 2.87 bits per heavy atom. The lowest BCUT2D eigenvalue weighted by Gasteiger charge is -2.11. The maximum absolute atomic E-state index is 5.34. The minimum atomic E-state index is 0.351. The largest absolute Gasteiger partial charge is 0.381 e. The monoisotopic (exact) mass is 271 g/mol. The molecule has 0 spiro atoms. The van der Waals surface area contributed by atoms with E-state index in [1.54, 1.807) is 0 Å². The summed E-state index contributed by atoms with van der Waals surface area (Å²) in [4.78, 5) is 8.97. The van der Waals surface area contributed by atoms with E-state index in [9.17, 15) is 0 Å². The second-order valence-corrected chi connectivity index (χ2v) is 4.43. The van der Waals surface area contributed by atoms with E-state index in [0.29, 0.717) is 5.92 Å². The quantitative estimate of drug-likeness (QED) is 0.895. The van der Waals surface area contributed by atoms with Crippen molar-refractivity contribution < 1.29 is 4.74 Å². The van der Waals surface area contributed by atoms with Gasteiger partial charge in [-0.15, -0.1) is 0 Å². The molecule has 1 N–H and O–H groups in total. The molecular weight excluding hydrogens is 258 g/mol. The van der Waals surface area contributed by atoms with Crippen LogP contribution in [-0.2, 0) is 4.74 Å². The number of anilines is 1. The molecule has 0 aromatic carbocycles. The van der Waals surface area contributed by atoms with E-state index < -0.39 is 0 Å². The molecule has 2 heterocycles. The lowest BCUT2D eigenvalue weighted by Crippen LogP contribution is -2.08. The van der Waals surface area contributed by atoms with Crippen molar-refractivity contribution in [2.75, 3.05) is 25.6 Å². The van der Waals surface area contributed by atoms with Gasteiger partial charge in [0.1, 0.15) is 11.6 Å². The van der Waals surface area contributed by atoms with Crippen molar-refractivity contribution in [2.24, 2.45) is 0 Å². The van der Waals surface area contributed by atoms with Gasteiger partial charge < -0.3 is 10.1 Å². The zero-order valence-corrected chi connectivity index (χ0v) is 10.5. The van der Waals surface area contributed by atoms with Gasteiger partial charge in [0, 0.05) is 19.6 Å². The molecule has 0 radical (unpaired) electrons. The highest BCUT2D eigenvalue weighted by molar-refractivity contribution is 9.10. The van der Waals surface area contributed by atoms with Crippen molar-refractivity contribution in [3.05, 3.63) is 16.0 Å².